The molecule has 1 unspecified atom stereocenters. The van der Waals surface area contributed by atoms with Crippen molar-refractivity contribution in [1.29, 1.82) is 0 Å². The van der Waals surface area contributed by atoms with E-state index in [1.165, 1.54) is 0 Å². The van der Waals surface area contributed by atoms with Crippen LogP contribution in [0.3, 0.4) is 0 Å². The molecule has 2 rings (SSSR count). The van der Waals surface area contributed by atoms with Crippen molar-refractivity contribution in [2.24, 2.45) is 0 Å². The minimum absolute atomic E-state index is 0.320. The molecule has 1 heterocycles. The molecular weight excluding hydrogens is 305 g/mol. The summed E-state index contributed by atoms with van der Waals surface area (Å²) in [5, 5.41) is 4.53. The maximum Gasteiger partial charge on any atom is 0.150 e. The zero-order valence-electron chi connectivity index (χ0n) is 12.2. The topological polar surface area (TPSA) is 50.9 Å². The van der Waals surface area contributed by atoms with Gasteiger partial charge >= 0.3 is 0 Å². The Labute approximate surface area is 135 Å². The van der Waals surface area contributed by atoms with Crippen LogP contribution in [0.15, 0.2) is 30.5 Å². The van der Waals surface area contributed by atoms with E-state index in [9.17, 15) is 0 Å². The molecule has 3 N–H and O–H groups in total. The summed E-state index contributed by atoms with van der Waals surface area (Å²) in [5.41, 5.74) is 8.56. The summed E-state index contributed by atoms with van der Waals surface area (Å²) in [4.78, 5) is 4.33. The summed E-state index contributed by atoms with van der Waals surface area (Å²) in [5.74, 6) is 0.694. The molecule has 1 aromatic heterocycles. The Balaban J connectivity index is 2.37. The number of hydrogen-bond acceptors (Lipinski definition) is 3. The molecule has 0 amide bonds. The molecule has 0 aliphatic carbocycles. The normalized spacial score (nSPS) is 12.2. The van der Waals surface area contributed by atoms with Crippen molar-refractivity contribution in [2.45, 2.75) is 32.7 Å². The van der Waals surface area contributed by atoms with Crippen LogP contribution in [0.1, 0.15) is 26.7 Å². The molecule has 0 radical (unpaired) electrons. The van der Waals surface area contributed by atoms with Gasteiger partial charge in [-0.1, -0.05) is 42.6 Å². The average molecular weight is 324 g/mol. The minimum Gasteiger partial charge on any atom is -0.395 e. The van der Waals surface area contributed by atoms with Crippen LogP contribution in [0, 0.1) is 0 Å². The average Bonchev–Trinajstić information content (AvgIpc) is 2.42. The third kappa shape index (κ3) is 3.80. The van der Waals surface area contributed by atoms with E-state index in [1.807, 2.05) is 12.1 Å². The molecule has 5 heteroatoms. The number of rotatable bonds is 5. The van der Waals surface area contributed by atoms with E-state index in [2.05, 4.69) is 24.1 Å². The smallest absolute Gasteiger partial charge is 0.150 e. The largest absolute Gasteiger partial charge is 0.395 e. The molecule has 1 aromatic carbocycles. The number of nitrogens with zero attached hydrogens (tertiary/aromatic N) is 1. The van der Waals surface area contributed by atoms with Gasteiger partial charge in [0.15, 0.2) is 0 Å². The van der Waals surface area contributed by atoms with Gasteiger partial charge in [-0.3, -0.25) is 0 Å². The van der Waals surface area contributed by atoms with Gasteiger partial charge in [0.05, 0.1) is 5.69 Å². The predicted octanol–water partition coefficient (Wildman–Crippen LogP) is 5.24. The highest BCUT2D eigenvalue weighted by Crippen LogP contribution is 2.36. The zero-order valence-corrected chi connectivity index (χ0v) is 13.7. The Kier molecular flexibility index (Phi) is 5.32. The molecule has 112 valence electrons. The third-order valence-electron chi connectivity index (χ3n) is 3.32. The van der Waals surface area contributed by atoms with E-state index >= 15 is 0 Å². The molecule has 2 aromatic rings. The molecule has 3 nitrogen and oxygen atoms in total. The van der Waals surface area contributed by atoms with Gasteiger partial charge in [-0.15, -0.1) is 0 Å². The van der Waals surface area contributed by atoms with E-state index in [-0.39, 0.29) is 0 Å². The van der Waals surface area contributed by atoms with Gasteiger partial charge in [-0.05, 0) is 31.5 Å². The zero-order chi connectivity index (χ0) is 15.4. The molecule has 0 aliphatic heterocycles. The molecular formula is C16H19Cl2N3. The fourth-order valence-corrected chi connectivity index (χ4v) is 2.78. The van der Waals surface area contributed by atoms with Crippen LogP contribution in [0.4, 0.5) is 11.5 Å². The first kappa shape index (κ1) is 15.9. The first-order valence-electron chi connectivity index (χ1n) is 6.99. The first-order chi connectivity index (χ1) is 10.0. The number of nitrogens with one attached hydrogen (secondary N) is 1. The molecule has 0 fully saturated rings. The number of halogens is 2. The summed E-state index contributed by atoms with van der Waals surface area (Å²) in [6.07, 6.45) is 3.90. The quantitative estimate of drug-likeness (QED) is 0.791. The SMILES string of the molecule is CCCC(C)Nc1nccc(-c2ccc(Cl)cc2Cl)c1N. The van der Waals surface area contributed by atoms with Crippen molar-refractivity contribution in [3.63, 3.8) is 0 Å². The molecule has 0 bridgehead atoms. The molecule has 0 aliphatic rings. The molecule has 1 atom stereocenters. The fraction of sp³-hybridized carbons (Fsp3) is 0.312. The lowest BCUT2D eigenvalue weighted by Gasteiger charge is -2.17. The van der Waals surface area contributed by atoms with Crippen molar-refractivity contribution < 1.29 is 0 Å². The summed E-state index contributed by atoms with van der Waals surface area (Å²) < 4.78 is 0. The Hall–Kier alpha value is -1.45. The lowest BCUT2D eigenvalue weighted by Crippen LogP contribution is -2.17. The van der Waals surface area contributed by atoms with Crippen molar-refractivity contribution >= 4 is 34.7 Å². The van der Waals surface area contributed by atoms with Gasteiger partial charge in [-0.25, -0.2) is 4.98 Å². The Bertz CT molecular complexity index is 629. The van der Waals surface area contributed by atoms with Gasteiger partial charge in [-0.2, -0.15) is 0 Å². The van der Waals surface area contributed by atoms with Gasteiger partial charge in [0.25, 0.3) is 0 Å². The van der Waals surface area contributed by atoms with Crippen LogP contribution in [-0.4, -0.2) is 11.0 Å². The lowest BCUT2D eigenvalue weighted by atomic mass is 10.0. The van der Waals surface area contributed by atoms with Crippen LogP contribution in [0.25, 0.3) is 11.1 Å². The molecule has 0 spiro atoms. The highest BCUT2D eigenvalue weighted by atomic mass is 35.5. The second kappa shape index (κ2) is 7.01. The lowest BCUT2D eigenvalue weighted by molar-refractivity contribution is 0.688. The van der Waals surface area contributed by atoms with Gasteiger partial charge in [0.1, 0.15) is 5.82 Å². The van der Waals surface area contributed by atoms with Crippen LogP contribution in [0.5, 0.6) is 0 Å². The van der Waals surface area contributed by atoms with Gasteiger partial charge in [0.2, 0.25) is 0 Å². The van der Waals surface area contributed by atoms with Crippen LogP contribution in [-0.2, 0) is 0 Å². The standard InChI is InChI=1S/C16H19Cl2N3/c1-3-4-10(2)21-16-15(19)13(7-8-20-16)12-6-5-11(17)9-14(12)18/h5-10H,3-4,19H2,1-2H3,(H,20,21). The third-order valence-corrected chi connectivity index (χ3v) is 3.86. The second-order valence-electron chi connectivity index (χ2n) is 5.08. The number of hydrogen-bond donors (Lipinski definition) is 2. The minimum atomic E-state index is 0.320. The van der Waals surface area contributed by atoms with Crippen molar-refractivity contribution in [3.8, 4) is 11.1 Å². The van der Waals surface area contributed by atoms with E-state index in [0.29, 0.717) is 27.6 Å². The summed E-state index contributed by atoms with van der Waals surface area (Å²) in [7, 11) is 0. The number of pyridine rings is 1. The molecule has 21 heavy (non-hydrogen) atoms. The predicted molar refractivity (Wildman–Crippen MR) is 92.1 cm³/mol. The van der Waals surface area contributed by atoms with Crippen LogP contribution < -0.4 is 11.1 Å². The van der Waals surface area contributed by atoms with Crippen molar-refractivity contribution in [1.82, 2.24) is 4.98 Å². The van der Waals surface area contributed by atoms with E-state index < -0.39 is 0 Å². The van der Waals surface area contributed by atoms with E-state index in [1.54, 1.807) is 18.3 Å². The summed E-state index contributed by atoms with van der Waals surface area (Å²) >= 11 is 12.2. The Morgan fingerprint density at radius 2 is 2.00 bits per heavy atom. The highest BCUT2D eigenvalue weighted by molar-refractivity contribution is 6.36. The highest BCUT2D eigenvalue weighted by Gasteiger charge is 2.13. The van der Waals surface area contributed by atoms with E-state index in [4.69, 9.17) is 28.9 Å². The monoisotopic (exact) mass is 323 g/mol. The number of nitrogen functional groups attached to an aromatic ring is 1. The molecule has 0 saturated carbocycles. The fourth-order valence-electron chi connectivity index (χ4n) is 2.27. The van der Waals surface area contributed by atoms with Crippen molar-refractivity contribution in [2.75, 3.05) is 11.1 Å². The van der Waals surface area contributed by atoms with Crippen molar-refractivity contribution in [3.05, 3.63) is 40.5 Å². The Morgan fingerprint density at radius 3 is 2.67 bits per heavy atom. The van der Waals surface area contributed by atoms with E-state index in [0.717, 1.165) is 24.0 Å². The number of aromatic nitrogens is 1. The number of nitrogens with two attached hydrogens (primary N) is 1. The summed E-state index contributed by atoms with van der Waals surface area (Å²) in [6.45, 7) is 4.27. The molecule has 0 saturated heterocycles. The second-order valence-corrected chi connectivity index (χ2v) is 5.92. The van der Waals surface area contributed by atoms with Gasteiger partial charge < -0.3 is 11.1 Å². The maximum atomic E-state index is 6.26. The van der Waals surface area contributed by atoms with Crippen LogP contribution >= 0.6 is 23.2 Å². The van der Waals surface area contributed by atoms with Crippen LogP contribution in [0.2, 0.25) is 10.0 Å². The Morgan fingerprint density at radius 1 is 1.24 bits per heavy atom. The summed E-state index contributed by atoms with van der Waals surface area (Å²) in [6, 6.07) is 7.57. The van der Waals surface area contributed by atoms with Gasteiger partial charge in [0, 0.05) is 33.4 Å². The number of benzene rings is 1. The first-order valence-corrected chi connectivity index (χ1v) is 7.75. The maximum absolute atomic E-state index is 6.26. The number of anilines is 2.